The normalized spacial score (nSPS) is 15.0. The van der Waals surface area contributed by atoms with E-state index in [0.717, 1.165) is 29.7 Å². The van der Waals surface area contributed by atoms with E-state index < -0.39 is 9.84 Å². The number of hydrogen-bond acceptors (Lipinski definition) is 6. The van der Waals surface area contributed by atoms with Crippen LogP contribution in [-0.2, 0) is 29.3 Å². The van der Waals surface area contributed by atoms with Crippen molar-refractivity contribution in [3.05, 3.63) is 50.9 Å². The maximum Gasteiger partial charge on any atom is 0.256 e. The molecule has 25 heavy (non-hydrogen) atoms. The van der Waals surface area contributed by atoms with E-state index in [1.54, 1.807) is 7.11 Å². The molecule has 1 aromatic heterocycles. The molecule has 0 atom stereocenters. The second-order valence-electron chi connectivity index (χ2n) is 6.33. The van der Waals surface area contributed by atoms with Crippen molar-refractivity contribution in [2.24, 2.45) is 0 Å². The van der Waals surface area contributed by atoms with Crippen molar-refractivity contribution in [1.82, 2.24) is 14.9 Å². The average Bonchev–Trinajstić information content (AvgIpc) is 2.54. The molecule has 0 bridgehead atoms. The summed E-state index contributed by atoms with van der Waals surface area (Å²) in [6.45, 7) is 3.87. The lowest BCUT2D eigenvalue weighted by Crippen LogP contribution is -2.36. The number of hydrogen-bond donors (Lipinski definition) is 1. The summed E-state index contributed by atoms with van der Waals surface area (Å²) in [5, 5.41) is -0.254. The van der Waals surface area contributed by atoms with Gasteiger partial charge in [0.15, 0.2) is 0 Å². The summed E-state index contributed by atoms with van der Waals surface area (Å²) >= 11 is 0. The van der Waals surface area contributed by atoms with E-state index in [1.807, 2.05) is 19.1 Å². The van der Waals surface area contributed by atoms with Crippen LogP contribution in [0.4, 0.5) is 0 Å². The van der Waals surface area contributed by atoms with Crippen LogP contribution in [0.25, 0.3) is 0 Å². The first kappa shape index (κ1) is 17.6. The zero-order valence-corrected chi connectivity index (χ0v) is 15.3. The van der Waals surface area contributed by atoms with Crippen LogP contribution in [0, 0.1) is 6.92 Å². The summed E-state index contributed by atoms with van der Waals surface area (Å²) in [6.07, 6.45) is 1.59. The highest BCUT2D eigenvalue weighted by atomic mass is 32.2. The lowest BCUT2D eigenvalue weighted by atomic mass is 10.1. The van der Waals surface area contributed by atoms with Gasteiger partial charge in [0.2, 0.25) is 15.0 Å². The number of H-pyrrole nitrogens is 1. The van der Waals surface area contributed by atoms with Crippen molar-refractivity contribution in [3.8, 4) is 5.75 Å². The molecule has 0 fully saturated rings. The Morgan fingerprint density at radius 3 is 2.76 bits per heavy atom. The fourth-order valence-electron chi connectivity index (χ4n) is 3.07. The van der Waals surface area contributed by atoms with Gasteiger partial charge >= 0.3 is 0 Å². The molecule has 0 amide bonds. The van der Waals surface area contributed by atoms with Crippen LogP contribution in [0.5, 0.6) is 5.75 Å². The lowest BCUT2D eigenvalue weighted by Gasteiger charge is -2.27. The monoisotopic (exact) mass is 363 g/mol. The van der Waals surface area contributed by atoms with Crippen LogP contribution >= 0.6 is 0 Å². The van der Waals surface area contributed by atoms with E-state index in [-0.39, 0.29) is 10.7 Å². The average molecular weight is 363 g/mol. The lowest BCUT2D eigenvalue weighted by molar-refractivity contribution is 0.240. The molecule has 0 aliphatic carbocycles. The highest BCUT2D eigenvalue weighted by molar-refractivity contribution is 7.90. The molecule has 1 aliphatic rings. The van der Waals surface area contributed by atoms with Crippen molar-refractivity contribution in [3.63, 3.8) is 0 Å². The second kappa shape index (κ2) is 6.61. The number of sulfone groups is 1. The Morgan fingerprint density at radius 1 is 1.36 bits per heavy atom. The topological polar surface area (TPSA) is 92.4 Å². The molecule has 0 saturated heterocycles. The third-order valence-corrected chi connectivity index (χ3v) is 5.24. The van der Waals surface area contributed by atoms with Gasteiger partial charge in [0.1, 0.15) is 5.75 Å². The molecule has 1 aliphatic heterocycles. The Balaban J connectivity index is 1.82. The van der Waals surface area contributed by atoms with E-state index in [0.29, 0.717) is 30.8 Å². The maximum absolute atomic E-state index is 12.3. The Morgan fingerprint density at radius 2 is 2.12 bits per heavy atom. The number of fused-ring (bicyclic) bond motifs is 1. The van der Waals surface area contributed by atoms with E-state index >= 15 is 0 Å². The van der Waals surface area contributed by atoms with Crippen LogP contribution in [0.1, 0.15) is 22.4 Å². The Kier molecular flexibility index (Phi) is 4.66. The zero-order chi connectivity index (χ0) is 18.2. The van der Waals surface area contributed by atoms with E-state index in [2.05, 4.69) is 20.9 Å². The van der Waals surface area contributed by atoms with Gasteiger partial charge in [0.05, 0.1) is 18.4 Å². The number of aryl methyl sites for hydroxylation is 1. The minimum atomic E-state index is -3.52. The predicted octanol–water partition coefficient (Wildman–Crippen LogP) is 1.05. The predicted molar refractivity (Wildman–Crippen MR) is 93.5 cm³/mol. The number of aromatic nitrogens is 2. The highest BCUT2D eigenvalue weighted by Gasteiger charge is 2.23. The Hall–Kier alpha value is -2.19. The fourth-order valence-corrected chi connectivity index (χ4v) is 3.62. The van der Waals surface area contributed by atoms with Gasteiger partial charge in [-0.25, -0.2) is 13.4 Å². The molecule has 2 heterocycles. The molecule has 8 heteroatoms. The molecule has 1 aromatic carbocycles. The summed E-state index contributed by atoms with van der Waals surface area (Å²) in [7, 11) is -1.88. The number of methoxy groups -OCH3 is 1. The molecule has 0 saturated carbocycles. The van der Waals surface area contributed by atoms with Gasteiger partial charge in [-0.2, -0.15) is 0 Å². The quantitative estimate of drug-likeness (QED) is 0.817. The molecule has 1 N–H and O–H groups in total. The van der Waals surface area contributed by atoms with E-state index in [4.69, 9.17) is 4.74 Å². The summed E-state index contributed by atoms with van der Waals surface area (Å²) in [6, 6.07) is 6.02. The van der Waals surface area contributed by atoms with Crippen molar-refractivity contribution in [2.45, 2.75) is 31.6 Å². The minimum absolute atomic E-state index is 0.254. The van der Waals surface area contributed by atoms with Gasteiger partial charge in [-0.15, -0.1) is 0 Å². The Bertz CT molecular complexity index is 966. The van der Waals surface area contributed by atoms with Crippen molar-refractivity contribution >= 4 is 9.84 Å². The number of aromatic amines is 1. The molecule has 7 nitrogen and oxygen atoms in total. The molecule has 0 radical (unpaired) electrons. The summed E-state index contributed by atoms with van der Waals surface area (Å²) in [4.78, 5) is 20.9. The molecular formula is C17H21N3O4S. The fraction of sp³-hybridized carbons (Fsp3) is 0.412. The second-order valence-corrected chi connectivity index (χ2v) is 8.26. The van der Waals surface area contributed by atoms with E-state index in [9.17, 15) is 13.2 Å². The van der Waals surface area contributed by atoms with Crippen molar-refractivity contribution < 1.29 is 13.2 Å². The van der Waals surface area contributed by atoms with Gasteiger partial charge < -0.3 is 4.74 Å². The molecule has 134 valence electrons. The number of nitrogens with one attached hydrogen (secondary N) is 1. The minimum Gasteiger partial charge on any atom is -0.496 e. The molecule has 0 spiro atoms. The molecule has 3 rings (SSSR count). The van der Waals surface area contributed by atoms with Crippen LogP contribution in [0.3, 0.4) is 0 Å². The van der Waals surface area contributed by atoms with Gasteiger partial charge in [-0.05, 0) is 24.1 Å². The van der Waals surface area contributed by atoms with Crippen LogP contribution < -0.4 is 10.3 Å². The highest BCUT2D eigenvalue weighted by Crippen LogP contribution is 2.21. The maximum atomic E-state index is 12.3. The first-order valence-corrected chi connectivity index (χ1v) is 9.85. The van der Waals surface area contributed by atoms with Gasteiger partial charge in [0, 0.05) is 32.3 Å². The standard InChI is InChI=1S/C17H21N3O4S/c1-11-8-12(4-5-15(11)24-2)9-20-7-6-14-13(10-20)16(21)19-17(18-14)25(3,22)23/h4-5,8H,6-7,9-10H2,1-3H3,(H,18,19,21). The van der Waals surface area contributed by atoms with Crippen LogP contribution in [0.2, 0.25) is 0 Å². The van der Waals surface area contributed by atoms with Crippen molar-refractivity contribution in [2.75, 3.05) is 19.9 Å². The molecule has 0 unspecified atom stereocenters. The third-order valence-electron chi connectivity index (χ3n) is 4.34. The largest absolute Gasteiger partial charge is 0.496 e. The smallest absolute Gasteiger partial charge is 0.256 e. The summed E-state index contributed by atoms with van der Waals surface area (Å²) in [5.41, 5.74) is 2.95. The SMILES string of the molecule is COc1ccc(CN2CCc3nc(S(C)(=O)=O)[nH]c(=O)c3C2)cc1C. The van der Waals surface area contributed by atoms with Gasteiger partial charge in [-0.1, -0.05) is 12.1 Å². The summed E-state index contributed by atoms with van der Waals surface area (Å²) < 4.78 is 28.5. The number of benzene rings is 1. The summed E-state index contributed by atoms with van der Waals surface area (Å²) in [5.74, 6) is 0.849. The molecular weight excluding hydrogens is 342 g/mol. The number of nitrogens with zero attached hydrogens (tertiary/aromatic N) is 2. The number of rotatable bonds is 4. The number of ether oxygens (including phenoxy) is 1. The van der Waals surface area contributed by atoms with Gasteiger partial charge in [0.25, 0.3) is 5.56 Å². The van der Waals surface area contributed by atoms with Crippen LogP contribution in [0.15, 0.2) is 28.2 Å². The molecule has 2 aromatic rings. The Labute approximate surface area is 146 Å². The third kappa shape index (κ3) is 3.74. The van der Waals surface area contributed by atoms with Crippen LogP contribution in [-0.4, -0.2) is 43.2 Å². The van der Waals surface area contributed by atoms with Gasteiger partial charge in [-0.3, -0.25) is 14.7 Å². The first-order valence-electron chi connectivity index (χ1n) is 7.96. The zero-order valence-electron chi connectivity index (χ0n) is 14.5. The first-order chi connectivity index (χ1) is 11.8. The van der Waals surface area contributed by atoms with E-state index in [1.165, 1.54) is 0 Å². The van der Waals surface area contributed by atoms with Crippen molar-refractivity contribution in [1.29, 1.82) is 0 Å².